The number of halogens is 1. The van der Waals surface area contributed by atoms with Crippen LogP contribution in [-0.4, -0.2) is 31.8 Å². The third-order valence-corrected chi connectivity index (χ3v) is 6.13. The molecule has 0 aliphatic rings. The number of carbonyl (C=O) groups excluding carboxylic acids is 1. The molecule has 140 valence electrons. The molecule has 2 aromatic rings. The molecular weight excluding hydrogens is 418 g/mol. The molecule has 7 heteroatoms. The van der Waals surface area contributed by atoms with Crippen LogP contribution in [0.3, 0.4) is 0 Å². The van der Waals surface area contributed by atoms with Gasteiger partial charge >= 0.3 is 5.97 Å². The maximum atomic E-state index is 13.1. The van der Waals surface area contributed by atoms with Crippen molar-refractivity contribution < 1.29 is 17.9 Å². The zero-order chi connectivity index (χ0) is 19.2. The number of esters is 1. The van der Waals surface area contributed by atoms with Crippen molar-refractivity contribution in [2.75, 3.05) is 13.2 Å². The lowest BCUT2D eigenvalue weighted by Crippen LogP contribution is -2.33. The van der Waals surface area contributed by atoms with Crippen LogP contribution in [0.1, 0.15) is 24.5 Å². The van der Waals surface area contributed by atoms with Gasteiger partial charge in [0.1, 0.15) is 0 Å². The lowest BCUT2D eigenvalue weighted by Gasteiger charge is -2.22. The fourth-order valence-corrected chi connectivity index (χ4v) is 4.31. The van der Waals surface area contributed by atoms with E-state index >= 15 is 0 Å². The van der Waals surface area contributed by atoms with Gasteiger partial charge in [0.05, 0.1) is 17.9 Å². The maximum absolute atomic E-state index is 13.1. The fourth-order valence-electron chi connectivity index (χ4n) is 2.43. The first-order valence-electron chi connectivity index (χ1n) is 8.30. The van der Waals surface area contributed by atoms with Crippen molar-refractivity contribution in [2.24, 2.45) is 0 Å². The molecule has 0 radical (unpaired) electrons. The van der Waals surface area contributed by atoms with Crippen LogP contribution in [0.15, 0.2) is 57.9 Å². The standard InChI is InChI=1S/C19H22BrNO4S/c1-3-25-19(22)11-12-21(14-16-5-4-6-17(20)13-16)26(23,24)18-9-7-15(2)8-10-18/h4-10,13H,3,11-12,14H2,1-2H3. The van der Waals surface area contributed by atoms with Crippen molar-refractivity contribution in [2.45, 2.75) is 31.7 Å². The fraction of sp³-hybridized carbons (Fsp3) is 0.316. The summed E-state index contributed by atoms with van der Waals surface area (Å²) in [5.41, 5.74) is 1.81. The molecule has 0 aromatic heterocycles. The van der Waals surface area contributed by atoms with E-state index in [4.69, 9.17) is 4.74 Å². The summed E-state index contributed by atoms with van der Waals surface area (Å²) < 4.78 is 33.2. The molecule has 0 aliphatic heterocycles. The summed E-state index contributed by atoms with van der Waals surface area (Å²) in [4.78, 5) is 11.9. The van der Waals surface area contributed by atoms with E-state index in [1.807, 2.05) is 31.2 Å². The van der Waals surface area contributed by atoms with Crippen LogP contribution < -0.4 is 0 Å². The summed E-state index contributed by atoms with van der Waals surface area (Å²) in [6, 6.07) is 14.1. The van der Waals surface area contributed by atoms with E-state index in [1.165, 1.54) is 4.31 Å². The average molecular weight is 440 g/mol. The molecule has 0 saturated carbocycles. The Hall–Kier alpha value is -1.70. The van der Waals surface area contributed by atoms with Crippen molar-refractivity contribution in [3.8, 4) is 0 Å². The first kappa shape index (κ1) is 20.6. The monoisotopic (exact) mass is 439 g/mol. The summed E-state index contributed by atoms with van der Waals surface area (Å²) in [6.07, 6.45) is 0.00688. The predicted octanol–water partition coefficient (Wildman–Crippen LogP) is 3.90. The smallest absolute Gasteiger partial charge is 0.307 e. The molecule has 5 nitrogen and oxygen atoms in total. The molecular formula is C19H22BrNO4S. The van der Waals surface area contributed by atoms with E-state index in [0.29, 0.717) is 0 Å². The third kappa shape index (κ3) is 5.65. The van der Waals surface area contributed by atoms with Gasteiger partial charge in [-0.3, -0.25) is 4.79 Å². The molecule has 0 saturated heterocycles. The Morgan fingerprint density at radius 3 is 2.46 bits per heavy atom. The molecule has 0 fully saturated rings. The van der Waals surface area contributed by atoms with Crippen LogP contribution >= 0.6 is 15.9 Å². The summed E-state index contributed by atoms with van der Waals surface area (Å²) in [6.45, 7) is 4.13. The summed E-state index contributed by atoms with van der Waals surface area (Å²) in [5, 5.41) is 0. The number of benzene rings is 2. The lowest BCUT2D eigenvalue weighted by molar-refractivity contribution is -0.143. The number of hydrogen-bond donors (Lipinski definition) is 0. The highest BCUT2D eigenvalue weighted by Gasteiger charge is 2.25. The van der Waals surface area contributed by atoms with Gasteiger partial charge in [-0.15, -0.1) is 0 Å². The van der Waals surface area contributed by atoms with E-state index < -0.39 is 16.0 Å². The van der Waals surface area contributed by atoms with Gasteiger partial charge in [-0.25, -0.2) is 8.42 Å². The van der Waals surface area contributed by atoms with Crippen LogP contribution in [0.25, 0.3) is 0 Å². The summed E-state index contributed by atoms with van der Waals surface area (Å²) in [7, 11) is -3.73. The largest absolute Gasteiger partial charge is 0.466 e. The molecule has 26 heavy (non-hydrogen) atoms. The van der Waals surface area contributed by atoms with E-state index in [9.17, 15) is 13.2 Å². The molecule has 0 N–H and O–H groups in total. The van der Waals surface area contributed by atoms with Gasteiger partial charge in [-0.05, 0) is 43.7 Å². The van der Waals surface area contributed by atoms with Gasteiger partial charge in [-0.2, -0.15) is 4.31 Å². The van der Waals surface area contributed by atoms with Crippen molar-refractivity contribution >= 4 is 31.9 Å². The first-order valence-corrected chi connectivity index (χ1v) is 10.5. The Balaban J connectivity index is 2.28. The van der Waals surface area contributed by atoms with Gasteiger partial charge in [0.2, 0.25) is 10.0 Å². The Kier molecular flexibility index (Phi) is 7.37. The molecule has 2 aromatic carbocycles. The van der Waals surface area contributed by atoms with Crippen LogP contribution in [0.2, 0.25) is 0 Å². The van der Waals surface area contributed by atoms with Gasteiger partial charge in [0, 0.05) is 17.6 Å². The predicted molar refractivity (Wildman–Crippen MR) is 104 cm³/mol. The van der Waals surface area contributed by atoms with E-state index in [1.54, 1.807) is 31.2 Å². The second-order valence-electron chi connectivity index (χ2n) is 5.84. The number of carbonyl (C=O) groups is 1. The molecule has 0 atom stereocenters. The highest BCUT2D eigenvalue weighted by Crippen LogP contribution is 2.21. The Morgan fingerprint density at radius 2 is 1.85 bits per heavy atom. The van der Waals surface area contributed by atoms with E-state index in [2.05, 4.69) is 15.9 Å². The normalized spacial score (nSPS) is 11.5. The Labute approximate surface area is 163 Å². The molecule has 0 bridgehead atoms. The lowest BCUT2D eigenvalue weighted by atomic mass is 10.2. The van der Waals surface area contributed by atoms with Gasteiger partial charge in [0.25, 0.3) is 0 Å². The second kappa shape index (κ2) is 9.30. The van der Waals surface area contributed by atoms with Gasteiger partial charge < -0.3 is 4.74 Å². The van der Waals surface area contributed by atoms with Crippen LogP contribution in [0, 0.1) is 6.92 Å². The second-order valence-corrected chi connectivity index (χ2v) is 8.69. The first-order chi connectivity index (χ1) is 12.3. The molecule has 2 rings (SSSR count). The summed E-state index contributed by atoms with van der Waals surface area (Å²) in [5.74, 6) is -0.411. The highest BCUT2D eigenvalue weighted by atomic mass is 79.9. The van der Waals surface area contributed by atoms with E-state index in [0.717, 1.165) is 15.6 Å². The topological polar surface area (TPSA) is 63.7 Å². The number of sulfonamides is 1. The van der Waals surface area contributed by atoms with Crippen molar-refractivity contribution in [1.82, 2.24) is 4.31 Å². The minimum absolute atomic E-state index is 0.00688. The maximum Gasteiger partial charge on any atom is 0.307 e. The third-order valence-electron chi connectivity index (χ3n) is 3.78. The van der Waals surface area contributed by atoms with Crippen LogP contribution in [0.5, 0.6) is 0 Å². The van der Waals surface area contributed by atoms with E-state index in [-0.39, 0.29) is 31.0 Å². The van der Waals surface area contributed by atoms with Gasteiger partial charge in [0.15, 0.2) is 0 Å². The minimum atomic E-state index is -3.73. The Morgan fingerprint density at radius 1 is 1.15 bits per heavy atom. The molecule has 0 aliphatic carbocycles. The minimum Gasteiger partial charge on any atom is -0.466 e. The van der Waals surface area contributed by atoms with Gasteiger partial charge in [-0.1, -0.05) is 45.8 Å². The number of hydrogen-bond acceptors (Lipinski definition) is 4. The molecule has 0 unspecified atom stereocenters. The SMILES string of the molecule is CCOC(=O)CCN(Cc1cccc(Br)c1)S(=O)(=O)c1ccc(C)cc1. The zero-order valence-electron chi connectivity index (χ0n) is 14.8. The highest BCUT2D eigenvalue weighted by molar-refractivity contribution is 9.10. The van der Waals surface area contributed by atoms with Crippen molar-refractivity contribution in [3.63, 3.8) is 0 Å². The van der Waals surface area contributed by atoms with Crippen molar-refractivity contribution in [3.05, 3.63) is 64.1 Å². The zero-order valence-corrected chi connectivity index (χ0v) is 17.2. The van der Waals surface area contributed by atoms with Crippen LogP contribution in [-0.2, 0) is 26.1 Å². The number of nitrogens with zero attached hydrogens (tertiary/aromatic N) is 1. The number of rotatable bonds is 8. The molecule has 0 amide bonds. The molecule has 0 heterocycles. The Bertz CT molecular complexity index is 850. The van der Waals surface area contributed by atoms with Crippen LogP contribution in [0.4, 0.5) is 0 Å². The number of ether oxygens (including phenoxy) is 1. The molecule has 0 spiro atoms. The quantitative estimate of drug-likeness (QED) is 0.584. The average Bonchev–Trinajstić information content (AvgIpc) is 2.59. The summed E-state index contributed by atoms with van der Waals surface area (Å²) >= 11 is 3.40. The number of aryl methyl sites for hydroxylation is 1. The van der Waals surface area contributed by atoms with Crippen molar-refractivity contribution in [1.29, 1.82) is 0 Å².